The molecule has 1 aliphatic heterocycles. The molecule has 1 aliphatic rings. The maximum absolute atomic E-state index is 12.7. The van der Waals surface area contributed by atoms with Gasteiger partial charge < -0.3 is 10.4 Å². The van der Waals surface area contributed by atoms with Gasteiger partial charge in [-0.15, -0.1) is 0 Å². The number of benzene rings is 1. The molecule has 0 saturated carbocycles. The van der Waals surface area contributed by atoms with Crippen molar-refractivity contribution in [2.45, 2.75) is 57.7 Å². The highest BCUT2D eigenvalue weighted by molar-refractivity contribution is 5.86. The molecule has 2 rings (SSSR count). The fraction of sp³-hybridized carbons (Fsp3) is 0.611. The van der Waals surface area contributed by atoms with E-state index in [4.69, 9.17) is 0 Å². The van der Waals surface area contributed by atoms with E-state index in [1.54, 1.807) is 0 Å². The predicted molar refractivity (Wildman–Crippen MR) is 88.7 cm³/mol. The molecule has 0 aliphatic carbocycles. The summed E-state index contributed by atoms with van der Waals surface area (Å²) in [6, 6.07) is 8.32. The maximum atomic E-state index is 12.7. The van der Waals surface area contributed by atoms with E-state index >= 15 is 0 Å². The average Bonchev–Trinajstić information content (AvgIpc) is 2.73. The minimum atomic E-state index is -0.636. The molecule has 3 atom stereocenters. The van der Waals surface area contributed by atoms with E-state index < -0.39 is 11.6 Å². The van der Waals surface area contributed by atoms with Gasteiger partial charge in [0, 0.05) is 13.0 Å². The summed E-state index contributed by atoms with van der Waals surface area (Å²) in [5.41, 5.74) is 1.76. The van der Waals surface area contributed by atoms with E-state index in [9.17, 15) is 9.90 Å². The number of nitrogens with zero attached hydrogens (tertiary/aromatic N) is 1. The molecule has 1 amide bonds. The first-order valence-corrected chi connectivity index (χ1v) is 8.04. The first-order valence-electron chi connectivity index (χ1n) is 8.04. The van der Waals surface area contributed by atoms with Gasteiger partial charge in [0.15, 0.2) is 0 Å². The first kappa shape index (κ1) is 17.0. The Morgan fingerprint density at radius 3 is 2.55 bits per heavy atom. The van der Waals surface area contributed by atoms with Crippen LogP contribution < -0.4 is 5.32 Å². The fourth-order valence-corrected chi connectivity index (χ4v) is 3.09. The number of aliphatic hydroxyl groups is 1. The molecule has 0 aromatic heterocycles. The topological polar surface area (TPSA) is 52.6 Å². The maximum Gasteiger partial charge on any atom is 0.240 e. The SMILES string of the molecule is CC(C)c1cccc(C(C)NC(=O)C2(C)CC(O)CN2C)c1. The second kappa shape index (κ2) is 6.39. The van der Waals surface area contributed by atoms with Crippen LogP contribution in [0.5, 0.6) is 0 Å². The lowest BCUT2D eigenvalue weighted by Gasteiger charge is -2.31. The minimum Gasteiger partial charge on any atom is -0.392 e. The van der Waals surface area contributed by atoms with Crippen molar-refractivity contribution in [3.8, 4) is 0 Å². The minimum absolute atomic E-state index is 0.0194. The number of hydrogen-bond acceptors (Lipinski definition) is 3. The summed E-state index contributed by atoms with van der Waals surface area (Å²) < 4.78 is 0. The summed E-state index contributed by atoms with van der Waals surface area (Å²) in [5.74, 6) is 0.450. The summed E-state index contributed by atoms with van der Waals surface area (Å²) in [5, 5.41) is 12.9. The van der Waals surface area contributed by atoms with Crippen LogP contribution in [0.3, 0.4) is 0 Å². The molecular formula is C18H28N2O2. The van der Waals surface area contributed by atoms with E-state index in [0.29, 0.717) is 18.9 Å². The van der Waals surface area contributed by atoms with Gasteiger partial charge in [-0.3, -0.25) is 9.69 Å². The number of carbonyl (C=O) groups is 1. The van der Waals surface area contributed by atoms with E-state index in [1.165, 1.54) is 5.56 Å². The van der Waals surface area contributed by atoms with Gasteiger partial charge in [-0.25, -0.2) is 0 Å². The standard InChI is InChI=1S/C18H28N2O2/c1-12(2)14-7-6-8-15(9-14)13(3)19-17(22)18(4)10-16(21)11-20(18)5/h6-9,12-13,16,21H,10-11H2,1-5H3,(H,19,22). The van der Waals surface area contributed by atoms with Gasteiger partial charge in [0.2, 0.25) is 5.91 Å². The third kappa shape index (κ3) is 3.33. The van der Waals surface area contributed by atoms with Crippen molar-refractivity contribution in [3.63, 3.8) is 0 Å². The Labute approximate surface area is 133 Å². The van der Waals surface area contributed by atoms with Crippen molar-refractivity contribution in [2.24, 2.45) is 0 Å². The van der Waals surface area contributed by atoms with E-state index in [1.807, 2.05) is 37.9 Å². The summed E-state index contributed by atoms with van der Waals surface area (Å²) >= 11 is 0. The monoisotopic (exact) mass is 304 g/mol. The first-order chi connectivity index (χ1) is 10.2. The van der Waals surface area contributed by atoms with Gasteiger partial charge in [0.05, 0.1) is 17.7 Å². The normalized spacial score (nSPS) is 27.1. The summed E-state index contributed by atoms with van der Waals surface area (Å²) in [6.45, 7) is 8.78. The second-order valence-electron chi connectivity index (χ2n) is 7.03. The number of carbonyl (C=O) groups excluding carboxylic acids is 1. The van der Waals surface area contributed by atoms with Crippen LogP contribution in [0.2, 0.25) is 0 Å². The summed E-state index contributed by atoms with van der Waals surface area (Å²) in [7, 11) is 1.89. The molecule has 2 N–H and O–H groups in total. The number of β-amino-alcohol motifs (C(OH)–C–C–N with tert-alkyl or cyclic N) is 1. The number of amides is 1. The van der Waals surface area contributed by atoms with Crippen molar-refractivity contribution >= 4 is 5.91 Å². The second-order valence-corrected chi connectivity index (χ2v) is 7.03. The van der Waals surface area contributed by atoms with Crippen LogP contribution in [-0.2, 0) is 4.79 Å². The van der Waals surface area contributed by atoms with Crippen molar-refractivity contribution in [2.75, 3.05) is 13.6 Å². The fourth-order valence-electron chi connectivity index (χ4n) is 3.09. The van der Waals surface area contributed by atoms with Crippen molar-refractivity contribution in [1.29, 1.82) is 0 Å². The number of aliphatic hydroxyl groups excluding tert-OH is 1. The van der Waals surface area contributed by atoms with Gasteiger partial charge in [-0.2, -0.15) is 0 Å². The Balaban J connectivity index is 2.10. The van der Waals surface area contributed by atoms with Crippen LogP contribution >= 0.6 is 0 Å². The molecule has 0 spiro atoms. The van der Waals surface area contributed by atoms with Gasteiger partial charge in [-0.05, 0) is 37.9 Å². The van der Waals surface area contributed by atoms with Crippen LogP contribution in [-0.4, -0.2) is 41.1 Å². The molecule has 4 heteroatoms. The zero-order valence-electron chi connectivity index (χ0n) is 14.3. The largest absolute Gasteiger partial charge is 0.392 e. The smallest absolute Gasteiger partial charge is 0.240 e. The molecule has 1 aromatic carbocycles. The molecule has 1 saturated heterocycles. The zero-order valence-corrected chi connectivity index (χ0v) is 14.3. The molecule has 22 heavy (non-hydrogen) atoms. The molecule has 4 nitrogen and oxygen atoms in total. The summed E-state index contributed by atoms with van der Waals surface area (Å²) in [4.78, 5) is 14.6. The molecule has 1 fully saturated rings. The highest BCUT2D eigenvalue weighted by atomic mass is 16.3. The third-order valence-corrected chi connectivity index (χ3v) is 4.87. The van der Waals surface area contributed by atoms with Gasteiger partial charge in [-0.1, -0.05) is 38.1 Å². The number of likely N-dealkylation sites (N-methyl/N-ethyl adjacent to an activating group) is 1. The van der Waals surface area contributed by atoms with Crippen LogP contribution in [0, 0.1) is 0 Å². The molecule has 1 aromatic rings. The Morgan fingerprint density at radius 1 is 1.36 bits per heavy atom. The molecule has 3 unspecified atom stereocenters. The lowest BCUT2D eigenvalue weighted by molar-refractivity contribution is -0.131. The van der Waals surface area contributed by atoms with E-state index in [0.717, 1.165) is 5.56 Å². The Morgan fingerprint density at radius 2 is 2.00 bits per heavy atom. The van der Waals surface area contributed by atoms with Crippen LogP contribution in [0.1, 0.15) is 57.2 Å². The van der Waals surface area contributed by atoms with Crippen molar-refractivity contribution < 1.29 is 9.90 Å². The number of nitrogens with one attached hydrogen (secondary N) is 1. The Bertz CT molecular complexity index is 544. The Kier molecular flexibility index (Phi) is 4.93. The molecule has 0 radical (unpaired) electrons. The third-order valence-electron chi connectivity index (χ3n) is 4.87. The average molecular weight is 304 g/mol. The molecular weight excluding hydrogens is 276 g/mol. The zero-order chi connectivity index (χ0) is 16.5. The summed E-state index contributed by atoms with van der Waals surface area (Å²) in [6.07, 6.45) is 0.0500. The van der Waals surface area contributed by atoms with Gasteiger partial charge >= 0.3 is 0 Å². The van der Waals surface area contributed by atoms with Crippen molar-refractivity contribution in [1.82, 2.24) is 10.2 Å². The van der Waals surface area contributed by atoms with E-state index in [2.05, 4.69) is 31.3 Å². The highest BCUT2D eigenvalue weighted by Gasteiger charge is 2.45. The lowest BCUT2D eigenvalue weighted by atomic mass is 9.95. The van der Waals surface area contributed by atoms with E-state index in [-0.39, 0.29) is 11.9 Å². The number of hydrogen-bond donors (Lipinski definition) is 2. The highest BCUT2D eigenvalue weighted by Crippen LogP contribution is 2.29. The molecule has 122 valence electrons. The number of rotatable bonds is 4. The molecule has 1 heterocycles. The van der Waals surface area contributed by atoms with Crippen LogP contribution in [0.15, 0.2) is 24.3 Å². The number of likely N-dealkylation sites (tertiary alicyclic amines) is 1. The van der Waals surface area contributed by atoms with Gasteiger partial charge in [0.25, 0.3) is 0 Å². The predicted octanol–water partition coefficient (Wildman–Crippen LogP) is 2.44. The Hall–Kier alpha value is -1.39. The quantitative estimate of drug-likeness (QED) is 0.898. The molecule has 0 bridgehead atoms. The van der Waals surface area contributed by atoms with Crippen LogP contribution in [0.4, 0.5) is 0 Å². The van der Waals surface area contributed by atoms with Crippen molar-refractivity contribution in [3.05, 3.63) is 35.4 Å². The van der Waals surface area contributed by atoms with Gasteiger partial charge in [0.1, 0.15) is 0 Å². The van der Waals surface area contributed by atoms with Crippen LogP contribution in [0.25, 0.3) is 0 Å². The lowest BCUT2D eigenvalue weighted by Crippen LogP contribution is -2.52.